The lowest BCUT2D eigenvalue weighted by atomic mass is 9.54. The standard InChI is InChI=1S/C21H31N3O2/c1-4-5-19-18-8-6-14-12-15(26-3)7-9-16(14)17(18)10-11-21(19,2)13-23-24-20(22)25/h7,9,12-13,17-19H,4-6,8,10-11H2,1-3H3,(H3,22,24,25)/b23-13+/t17-,18-,19+,21-/m1/s1. The average molecular weight is 357 g/mol. The maximum absolute atomic E-state index is 11.0. The molecule has 2 aliphatic carbocycles. The number of ether oxygens (including phenoxy) is 1. The van der Waals surface area contributed by atoms with Crippen LogP contribution in [0.4, 0.5) is 4.79 Å². The minimum absolute atomic E-state index is 0.00357. The van der Waals surface area contributed by atoms with Crippen LogP contribution in [0.15, 0.2) is 23.3 Å². The number of methoxy groups -OCH3 is 1. The number of hydrogen-bond donors (Lipinski definition) is 2. The smallest absolute Gasteiger partial charge is 0.332 e. The number of hydrogen-bond acceptors (Lipinski definition) is 3. The van der Waals surface area contributed by atoms with Crippen molar-refractivity contribution in [1.29, 1.82) is 0 Å². The summed E-state index contributed by atoms with van der Waals surface area (Å²) in [4.78, 5) is 11.0. The molecule has 1 saturated carbocycles. The monoisotopic (exact) mass is 357 g/mol. The van der Waals surface area contributed by atoms with Crippen LogP contribution in [0.1, 0.15) is 63.0 Å². The van der Waals surface area contributed by atoms with E-state index < -0.39 is 6.03 Å². The van der Waals surface area contributed by atoms with Gasteiger partial charge in [0.25, 0.3) is 0 Å². The van der Waals surface area contributed by atoms with Gasteiger partial charge in [-0.05, 0) is 73.1 Å². The highest BCUT2D eigenvalue weighted by Gasteiger charge is 2.47. The highest BCUT2D eigenvalue weighted by atomic mass is 16.5. The molecule has 26 heavy (non-hydrogen) atoms. The van der Waals surface area contributed by atoms with Gasteiger partial charge in [0.05, 0.1) is 7.11 Å². The summed E-state index contributed by atoms with van der Waals surface area (Å²) in [5.74, 6) is 2.80. The summed E-state index contributed by atoms with van der Waals surface area (Å²) < 4.78 is 5.41. The molecule has 5 heteroatoms. The number of nitrogens with one attached hydrogen (secondary N) is 1. The van der Waals surface area contributed by atoms with Gasteiger partial charge in [-0.25, -0.2) is 10.2 Å². The molecule has 1 fully saturated rings. The predicted octanol–water partition coefficient (Wildman–Crippen LogP) is 4.21. The van der Waals surface area contributed by atoms with Crippen molar-refractivity contribution in [3.05, 3.63) is 29.3 Å². The molecule has 0 saturated heterocycles. The van der Waals surface area contributed by atoms with E-state index in [2.05, 4.69) is 42.6 Å². The van der Waals surface area contributed by atoms with Crippen molar-refractivity contribution in [3.8, 4) is 5.75 Å². The zero-order chi connectivity index (χ0) is 18.7. The van der Waals surface area contributed by atoms with Crippen LogP contribution in [-0.4, -0.2) is 19.4 Å². The molecule has 3 rings (SSSR count). The Bertz CT molecular complexity index is 688. The first-order chi connectivity index (χ1) is 12.5. The summed E-state index contributed by atoms with van der Waals surface area (Å²) in [6.45, 7) is 4.55. The third-order valence-corrected chi connectivity index (χ3v) is 6.51. The predicted molar refractivity (Wildman–Crippen MR) is 104 cm³/mol. The largest absolute Gasteiger partial charge is 0.497 e. The molecule has 2 aliphatic rings. The van der Waals surface area contributed by atoms with E-state index in [0.717, 1.165) is 31.4 Å². The van der Waals surface area contributed by atoms with Crippen LogP contribution in [0.5, 0.6) is 5.75 Å². The van der Waals surface area contributed by atoms with Crippen LogP contribution in [0.25, 0.3) is 0 Å². The zero-order valence-corrected chi connectivity index (χ0v) is 16.1. The van der Waals surface area contributed by atoms with Gasteiger partial charge >= 0.3 is 6.03 Å². The third kappa shape index (κ3) is 3.57. The second kappa shape index (κ2) is 7.68. The van der Waals surface area contributed by atoms with Crippen LogP contribution in [0.2, 0.25) is 0 Å². The van der Waals surface area contributed by atoms with Crippen LogP contribution in [0, 0.1) is 17.3 Å². The Morgan fingerprint density at radius 2 is 2.27 bits per heavy atom. The van der Waals surface area contributed by atoms with Gasteiger partial charge in [0.2, 0.25) is 0 Å². The number of primary amides is 1. The molecule has 0 unspecified atom stereocenters. The number of fused-ring (bicyclic) bond motifs is 3. The Morgan fingerprint density at radius 3 is 2.96 bits per heavy atom. The number of nitrogens with zero attached hydrogens (tertiary/aromatic N) is 1. The van der Waals surface area contributed by atoms with Gasteiger partial charge < -0.3 is 10.5 Å². The molecule has 2 amide bonds. The molecular weight excluding hydrogens is 326 g/mol. The molecule has 0 bridgehead atoms. The molecular formula is C21H31N3O2. The summed E-state index contributed by atoms with van der Waals surface area (Å²) in [6.07, 6.45) is 8.85. The van der Waals surface area contributed by atoms with E-state index in [1.807, 2.05) is 6.21 Å². The van der Waals surface area contributed by atoms with Crippen molar-refractivity contribution in [2.24, 2.45) is 28.1 Å². The maximum Gasteiger partial charge on any atom is 0.332 e. The molecule has 3 N–H and O–H groups in total. The molecule has 142 valence electrons. The summed E-state index contributed by atoms with van der Waals surface area (Å²) >= 11 is 0. The molecule has 1 aromatic rings. The van der Waals surface area contributed by atoms with Gasteiger partial charge in [-0.2, -0.15) is 5.10 Å². The number of carbonyl (C=O) groups excluding carboxylic acids is 1. The summed E-state index contributed by atoms with van der Waals surface area (Å²) in [6, 6.07) is 5.99. The van der Waals surface area contributed by atoms with Crippen molar-refractivity contribution in [1.82, 2.24) is 5.43 Å². The number of hydrazone groups is 1. The van der Waals surface area contributed by atoms with Gasteiger partial charge in [-0.1, -0.05) is 26.3 Å². The fourth-order valence-electron chi connectivity index (χ4n) is 5.29. The number of urea groups is 1. The van der Waals surface area contributed by atoms with Crippen molar-refractivity contribution in [2.75, 3.05) is 7.11 Å². The molecule has 4 atom stereocenters. The first-order valence-electron chi connectivity index (χ1n) is 9.75. The normalized spacial score (nSPS) is 30.5. The van der Waals surface area contributed by atoms with Crippen molar-refractivity contribution in [2.45, 2.75) is 58.3 Å². The molecule has 0 aliphatic heterocycles. The van der Waals surface area contributed by atoms with E-state index in [-0.39, 0.29) is 5.41 Å². The van der Waals surface area contributed by atoms with Crippen molar-refractivity contribution < 1.29 is 9.53 Å². The molecule has 0 spiro atoms. The van der Waals surface area contributed by atoms with E-state index in [1.165, 1.54) is 24.0 Å². The summed E-state index contributed by atoms with van der Waals surface area (Å²) in [5.41, 5.74) is 10.5. The van der Waals surface area contributed by atoms with E-state index in [9.17, 15) is 4.79 Å². The Balaban J connectivity index is 1.87. The maximum atomic E-state index is 11.0. The van der Waals surface area contributed by atoms with Crippen molar-refractivity contribution >= 4 is 12.2 Å². The fraction of sp³-hybridized carbons (Fsp3) is 0.619. The fourth-order valence-corrected chi connectivity index (χ4v) is 5.29. The number of carbonyl (C=O) groups is 1. The minimum atomic E-state index is -0.605. The lowest BCUT2D eigenvalue weighted by molar-refractivity contribution is 0.0781. The minimum Gasteiger partial charge on any atom is -0.497 e. The van der Waals surface area contributed by atoms with E-state index in [4.69, 9.17) is 10.5 Å². The first kappa shape index (κ1) is 18.7. The van der Waals surface area contributed by atoms with Crippen LogP contribution in [-0.2, 0) is 6.42 Å². The van der Waals surface area contributed by atoms with Crippen LogP contribution in [0.3, 0.4) is 0 Å². The van der Waals surface area contributed by atoms with E-state index in [0.29, 0.717) is 17.8 Å². The SMILES string of the molecule is CCC[C@H]1[C@@H]2CCc3cc(OC)ccc3[C@H]2CC[C@]1(C)/C=N/NC(N)=O. The lowest BCUT2D eigenvalue weighted by Crippen LogP contribution is -2.44. The molecule has 0 radical (unpaired) electrons. The Hall–Kier alpha value is -2.04. The Kier molecular flexibility index (Phi) is 5.54. The van der Waals surface area contributed by atoms with E-state index in [1.54, 1.807) is 7.11 Å². The second-order valence-electron chi connectivity index (χ2n) is 8.05. The molecule has 1 aromatic carbocycles. The number of amides is 2. The van der Waals surface area contributed by atoms with Gasteiger partial charge in [-0.15, -0.1) is 0 Å². The second-order valence-corrected chi connectivity index (χ2v) is 8.05. The Labute approximate surface area is 156 Å². The van der Waals surface area contributed by atoms with Crippen molar-refractivity contribution in [3.63, 3.8) is 0 Å². The third-order valence-electron chi connectivity index (χ3n) is 6.51. The van der Waals surface area contributed by atoms with E-state index >= 15 is 0 Å². The number of nitrogens with two attached hydrogens (primary N) is 1. The lowest BCUT2D eigenvalue weighted by Gasteiger charge is -2.50. The topological polar surface area (TPSA) is 76.7 Å². The molecule has 0 heterocycles. The number of rotatable bonds is 5. The summed E-state index contributed by atoms with van der Waals surface area (Å²) in [7, 11) is 1.73. The van der Waals surface area contributed by atoms with Crippen LogP contribution < -0.4 is 15.9 Å². The molecule has 0 aromatic heterocycles. The Morgan fingerprint density at radius 1 is 1.46 bits per heavy atom. The quantitative estimate of drug-likeness (QED) is 0.612. The average Bonchev–Trinajstić information content (AvgIpc) is 2.63. The summed E-state index contributed by atoms with van der Waals surface area (Å²) in [5, 5.41) is 4.14. The highest BCUT2D eigenvalue weighted by molar-refractivity contribution is 5.74. The number of aryl methyl sites for hydroxylation is 1. The van der Waals surface area contributed by atoms with Crippen LogP contribution >= 0.6 is 0 Å². The molecule has 5 nitrogen and oxygen atoms in total. The zero-order valence-electron chi connectivity index (χ0n) is 16.1. The van der Waals surface area contributed by atoms with Gasteiger partial charge in [0, 0.05) is 11.6 Å². The number of benzene rings is 1. The van der Waals surface area contributed by atoms with Gasteiger partial charge in [0.1, 0.15) is 5.75 Å². The highest BCUT2D eigenvalue weighted by Crippen LogP contribution is 2.55. The van der Waals surface area contributed by atoms with Gasteiger partial charge in [0.15, 0.2) is 0 Å². The van der Waals surface area contributed by atoms with Gasteiger partial charge in [-0.3, -0.25) is 0 Å². The first-order valence-corrected chi connectivity index (χ1v) is 9.75.